The maximum atomic E-state index is 14.4. The van der Waals surface area contributed by atoms with Crippen LogP contribution in [-0.2, 0) is 10.8 Å². The fourth-order valence-electron chi connectivity index (χ4n) is 7.67. The molecule has 0 aliphatic carbocycles. The molecule has 51 heavy (non-hydrogen) atoms. The number of fused-ring (bicyclic) bond motifs is 2. The summed E-state index contributed by atoms with van der Waals surface area (Å²) in [4.78, 5) is 31.9. The van der Waals surface area contributed by atoms with Gasteiger partial charge in [-0.15, -0.1) is 0 Å². The Kier molecular flexibility index (Phi) is 4.86. The Morgan fingerprint density at radius 1 is 0.529 bits per heavy atom. The summed E-state index contributed by atoms with van der Waals surface area (Å²) in [7, 11) is 0. The van der Waals surface area contributed by atoms with Crippen molar-refractivity contribution >= 4 is 45.3 Å². The highest BCUT2D eigenvalue weighted by atomic mass is 16.2. The van der Waals surface area contributed by atoms with Crippen molar-refractivity contribution < 1.29 is 23.3 Å². The summed E-state index contributed by atoms with van der Waals surface area (Å²) in [5.41, 5.74) is 1.15. The highest BCUT2D eigenvalue weighted by Gasteiger charge is 2.46. The van der Waals surface area contributed by atoms with Gasteiger partial charge in [0, 0.05) is 21.9 Å². The highest BCUT2D eigenvalue weighted by Crippen LogP contribution is 2.58. The summed E-state index contributed by atoms with van der Waals surface area (Å²) in [6.45, 7) is 6.24. The van der Waals surface area contributed by atoms with Crippen LogP contribution in [0.2, 0.25) is 0 Å². The topological polar surface area (TPSA) is 40.6 Å². The maximum Gasteiger partial charge on any atom is 0.265 e. The molecule has 9 rings (SSSR count). The first kappa shape index (κ1) is 21.7. The van der Waals surface area contributed by atoms with Gasteiger partial charge in [0.25, 0.3) is 11.8 Å². The van der Waals surface area contributed by atoms with Crippen molar-refractivity contribution in [2.24, 2.45) is 0 Å². The molecule has 0 fully saturated rings. The number of carbonyl (C=O) groups excluding carboxylic acids is 2. The Morgan fingerprint density at radius 2 is 1.06 bits per heavy atom. The van der Waals surface area contributed by atoms with Crippen molar-refractivity contribution in [1.82, 2.24) is 0 Å². The van der Waals surface area contributed by atoms with Crippen LogP contribution in [0.3, 0.4) is 0 Å². The van der Waals surface area contributed by atoms with Gasteiger partial charge in [0.15, 0.2) is 0 Å². The van der Waals surface area contributed by atoms with E-state index in [0.717, 1.165) is 5.56 Å². The third-order valence-electron chi connectivity index (χ3n) is 9.96. The molecular formula is C47H36N2O2. The zero-order valence-corrected chi connectivity index (χ0v) is 28.0. The molecule has 0 radical (unpaired) electrons. The number of hydrogen-bond donors (Lipinski definition) is 0. The molecule has 7 aromatic rings. The molecule has 0 aromatic heterocycles. The van der Waals surface area contributed by atoms with E-state index in [0.29, 0.717) is 44.6 Å². The van der Waals surface area contributed by atoms with Gasteiger partial charge >= 0.3 is 0 Å². The predicted octanol–water partition coefficient (Wildman–Crippen LogP) is 11.1. The molecular weight excluding hydrogens is 625 g/mol. The van der Waals surface area contributed by atoms with Gasteiger partial charge < -0.3 is 4.90 Å². The lowest BCUT2D eigenvalue weighted by Gasteiger charge is -2.46. The number of amides is 2. The lowest BCUT2D eigenvalue weighted by atomic mass is 9.62. The van der Waals surface area contributed by atoms with E-state index in [1.807, 2.05) is 23.1 Å². The molecule has 0 saturated heterocycles. The molecule has 0 bridgehead atoms. The fourth-order valence-corrected chi connectivity index (χ4v) is 7.67. The van der Waals surface area contributed by atoms with Crippen LogP contribution < -0.4 is 9.80 Å². The van der Waals surface area contributed by atoms with Gasteiger partial charge in [-0.05, 0) is 75.7 Å². The van der Waals surface area contributed by atoms with Gasteiger partial charge in [-0.3, -0.25) is 9.59 Å². The van der Waals surface area contributed by atoms with Gasteiger partial charge in [0.05, 0.1) is 41.9 Å². The van der Waals surface area contributed by atoms with E-state index in [4.69, 9.17) is 8.22 Å². The molecule has 0 unspecified atom stereocenters. The summed E-state index contributed by atoms with van der Waals surface area (Å²) in [5.74, 6) is -0.991. The molecule has 0 spiro atoms. The van der Waals surface area contributed by atoms with Crippen molar-refractivity contribution in [3.8, 4) is 0 Å². The largest absolute Gasteiger partial charge is 0.309 e. The first-order valence-corrected chi connectivity index (χ1v) is 16.6. The third-order valence-corrected chi connectivity index (χ3v) is 9.96. The second-order valence-corrected chi connectivity index (χ2v) is 13.7. The van der Waals surface area contributed by atoms with Crippen LogP contribution in [0.5, 0.6) is 0 Å². The minimum Gasteiger partial charge on any atom is -0.309 e. The lowest BCUT2D eigenvalue weighted by molar-refractivity contribution is 0.0893. The molecule has 4 nitrogen and oxygen atoms in total. The maximum absolute atomic E-state index is 14.4. The summed E-state index contributed by atoms with van der Waals surface area (Å²) >= 11 is 0. The smallest absolute Gasteiger partial charge is 0.265 e. The number of benzene rings is 7. The summed E-state index contributed by atoms with van der Waals surface area (Å²) in [6.07, 6.45) is 0. The van der Waals surface area contributed by atoms with Crippen LogP contribution in [0, 0.1) is 0 Å². The predicted molar refractivity (Wildman–Crippen MR) is 207 cm³/mol. The van der Waals surface area contributed by atoms with Crippen molar-refractivity contribution in [2.75, 3.05) is 9.80 Å². The molecule has 2 aliphatic heterocycles. The molecule has 0 N–H and O–H groups in total. The molecule has 7 aromatic carbocycles. The molecule has 0 saturated carbocycles. The number of carbonyl (C=O) groups is 2. The second-order valence-electron chi connectivity index (χ2n) is 13.7. The number of para-hydroxylation sites is 2. The van der Waals surface area contributed by atoms with Gasteiger partial charge in [-0.25, -0.2) is 4.90 Å². The summed E-state index contributed by atoms with van der Waals surface area (Å²) < 4.78 is 89.5. The summed E-state index contributed by atoms with van der Waals surface area (Å²) in [5, 5.41) is 0.975. The standard InChI is InChI=1S/C47H36N2O2/c1-46(2,3)31-25-27-34(28-26-31)48-44(50)36-20-14-19-35-40(30-29-37(43(35)36)45(48)51)49-41-23-12-10-21-38(41)47(32-15-6-4-7-16-32,33-17-8-5-9-18-33)39-22-11-13-24-42(39)49/h4-30H,1-3H3/i4D,5D,6D,7D,8D,9D,15D,16D,17D,18D. The monoisotopic (exact) mass is 670 g/mol. The van der Waals surface area contributed by atoms with Gasteiger partial charge in [-0.2, -0.15) is 0 Å². The minimum absolute atomic E-state index is 0.141. The van der Waals surface area contributed by atoms with Crippen molar-refractivity contribution in [3.63, 3.8) is 0 Å². The number of nitrogens with zero attached hydrogens (tertiary/aromatic N) is 2. The Hall–Kier alpha value is -6.26. The van der Waals surface area contributed by atoms with Crippen molar-refractivity contribution in [2.45, 2.75) is 31.6 Å². The van der Waals surface area contributed by atoms with E-state index in [1.54, 1.807) is 84.9 Å². The Morgan fingerprint density at radius 3 is 1.61 bits per heavy atom. The van der Waals surface area contributed by atoms with E-state index < -0.39 is 77.7 Å². The van der Waals surface area contributed by atoms with E-state index >= 15 is 0 Å². The quantitative estimate of drug-likeness (QED) is 0.175. The molecule has 2 heterocycles. The van der Waals surface area contributed by atoms with E-state index in [9.17, 15) is 15.1 Å². The highest BCUT2D eigenvalue weighted by molar-refractivity contribution is 6.36. The normalized spacial score (nSPS) is 17.5. The molecule has 4 heteroatoms. The molecule has 2 amide bonds. The van der Waals surface area contributed by atoms with Crippen LogP contribution in [-0.4, -0.2) is 11.8 Å². The van der Waals surface area contributed by atoms with Crippen molar-refractivity contribution in [3.05, 3.63) is 202 Å². The number of imide groups is 1. The van der Waals surface area contributed by atoms with Crippen LogP contribution in [0.15, 0.2) is 164 Å². The van der Waals surface area contributed by atoms with E-state index in [2.05, 4.69) is 20.8 Å². The SMILES string of the molecule is [2H]c1c([2H])c([2H])c(C2(c3c([2H])c([2H])c([2H])c([2H])c3[2H])c3ccccc3N(c3ccc4c5c(cccc35)C(=O)N(c3ccc(C(C)(C)C)cc3)C4=O)c3ccccc32)c([2H])c1[2H]. The van der Waals surface area contributed by atoms with Gasteiger partial charge in [0.1, 0.15) is 0 Å². The first-order chi connectivity index (χ1) is 28.9. The van der Waals surface area contributed by atoms with Crippen LogP contribution in [0.25, 0.3) is 10.8 Å². The van der Waals surface area contributed by atoms with Crippen LogP contribution >= 0.6 is 0 Å². The Labute approximate surface area is 312 Å². The number of anilines is 4. The lowest BCUT2D eigenvalue weighted by Crippen LogP contribution is -2.40. The van der Waals surface area contributed by atoms with Gasteiger partial charge in [0.2, 0.25) is 0 Å². The van der Waals surface area contributed by atoms with E-state index in [-0.39, 0.29) is 27.7 Å². The fraction of sp³-hybridized carbons (Fsp3) is 0.106. The first-order valence-electron chi connectivity index (χ1n) is 21.6. The summed E-state index contributed by atoms with van der Waals surface area (Å²) in [6, 6.07) is 23.4. The third kappa shape index (κ3) is 4.46. The van der Waals surface area contributed by atoms with Gasteiger partial charge in [-0.1, -0.05) is 142 Å². The average molecular weight is 671 g/mol. The number of rotatable bonds is 4. The Bertz CT molecular complexity index is 2890. The average Bonchev–Trinajstić information content (AvgIpc) is 3.25. The van der Waals surface area contributed by atoms with Crippen LogP contribution in [0.4, 0.5) is 22.7 Å². The second kappa shape index (κ2) is 11.4. The van der Waals surface area contributed by atoms with Crippen LogP contribution in [0.1, 0.15) is 83.0 Å². The zero-order chi connectivity index (χ0) is 43.6. The molecule has 2 aliphatic rings. The zero-order valence-electron chi connectivity index (χ0n) is 38.0. The Balaban J connectivity index is 1.35. The van der Waals surface area contributed by atoms with E-state index in [1.165, 1.54) is 4.90 Å². The molecule has 0 atom stereocenters. The number of hydrogen-bond acceptors (Lipinski definition) is 3. The minimum atomic E-state index is -2.08. The van der Waals surface area contributed by atoms with Crippen molar-refractivity contribution in [1.29, 1.82) is 0 Å². The molecule has 246 valence electrons.